The van der Waals surface area contributed by atoms with Crippen molar-refractivity contribution in [2.45, 2.75) is 31.3 Å². The Morgan fingerprint density at radius 3 is 2.46 bits per heavy atom. The monoisotopic (exact) mass is 427 g/mol. The average Bonchev–Trinajstić information content (AvgIpc) is 3.08. The third-order valence-corrected chi connectivity index (χ3v) is 5.10. The van der Waals surface area contributed by atoms with Crippen molar-refractivity contribution < 1.29 is 4.79 Å². The summed E-state index contributed by atoms with van der Waals surface area (Å²) in [5.41, 5.74) is 2.28. The van der Waals surface area contributed by atoms with Crippen LogP contribution in [0.4, 0.5) is 0 Å². The lowest BCUT2D eigenvalue weighted by atomic mass is 10.0. The number of benzene rings is 1. The molecule has 1 saturated heterocycles. The molecule has 0 saturated carbocycles. The molecule has 1 aromatic heterocycles. The Morgan fingerprint density at radius 2 is 1.89 bits per heavy atom. The molecule has 1 amide bonds. The SMILES string of the molecule is CNC(C(=O)NC1CCN(CCc2ccccc2)CC1)c1cnn(C)c1.Cl.Cl. The average molecular weight is 428 g/mol. The van der Waals surface area contributed by atoms with Crippen molar-refractivity contribution in [3.63, 3.8) is 0 Å². The lowest BCUT2D eigenvalue weighted by molar-refractivity contribution is -0.124. The minimum absolute atomic E-state index is 0. The summed E-state index contributed by atoms with van der Waals surface area (Å²) in [7, 11) is 3.67. The molecular weight excluding hydrogens is 397 g/mol. The number of piperidine rings is 1. The van der Waals surface area contributed by atoms with Gasteiger partial charge < -0.3 is 15.5 Å². The van der Waals surface area contributed by atoms with Crippen LogP contribution >= 0.6 is 24.8 Å². The van der Waals surface area contributed by atoms with E-state index in [0.29, 0.717) is 0 Å². The highest BCUT2D eigenvalue weighted by atomic mass is 35.5. The summed E-state index contributed by atoms with van der Waals surface area (Å²) >= 11 is 0. The molecular formula is C20H31Cl2N5O. The minimum Gasteiger partial charge on any atom is -0.352 e. The van der Waals surface area contributed by atoms with Gasteiger partial charge in [-0.2, -0.15) is 5.10 Å². The van der Waals surface area contributed by atoms with Crippen LogP contribution in [0.1, 0.15) is 30.0 Å². The Hall–Kier alpha value is -1.60. The highest BCUT2D eigenvalue weighted by Crippen LogP contribution is 2.15. The first-order valence-corrected chi connectivity index (χ1v) is 9.38. The predicted octanol–water partition coefficient (Wildman–Crippen LogP) is 2.35. The molecule has 1 aromatic carbocycles. The molecule has 6 nitrogen and oxygen atoms in total. The lowest BCUT2D eigenvalue weighted by Gasteiger charge is -2.33. The van der Waals surface area contributed by atoms with Crippen molar-refractivity contribution in [2.24, 2.45) is 7.05 Å². The summed E-state index contributed by atoms with van der Waals surface area (Å²) in [6.07, 6.45) is 6.72. The summed E-state index contributed by atoms with van der Waals surface area (Å²) in [6.45, 7) is 3.16. The van der Waals surface area contributed by atoms with E-state index >= 15 is 0 Å². The highest BCUT2D eigenvalue weighted by molar-refractivity contribution is 5.85. The van der Waals surface area contributed by atoms with Gasteiger partial charge in [-0.05, 0) is 31.9 Å². The number of rotatable bonds is 7. The molecule has 2 N–H and O–H groups in total. The van der Waals surface area contributed by atoms with Crippen molar-refractivity contribution in [1.82, 2.24) is 25.3 Å². The number of carbonyl (C=O) groups is 1. The second kappa shape index (κ2) is 12.1. The van der Waals surface area contributed by atoms with Crippen molar-refractivity contribution >= 4 is 30.7 Å². The van der Waals surface area contributed by atoms with Gasteiger partial charge in [-0.25, -0.2) is 0 Å². The number of hydrogen-bond acceptors (Lipinski definition) is 4. The first-order chi connectivity index (χ1) is 12.7. The first kappa shape index (κ1) is 24.4. The topological polar surface area (TPSA) is 62.2 Å². The molecule has 2 heterocycles. The predicted molar refractivity (Wildman–Crippen MR) is 117 cm³/mol. The Kier molecular flexibility index (Phi) is 10.5. The van der Waals surface area contributed by atoms with E-state index in [4.69, 9.17) is 0 Å². The summed E-state index contributed by atoms with van der Waals surface area (Å²) in [4.78, 5) is 15.1. The fraction of sp³-hybridized carbons (Fsp3) is 0.500. The molecule has 0 aliphatic carbocycles. The molecule has 2 aromatic rings. The van der Waals surface area contributed by atoms with Gasteiger partial charge in [0.15, 0.2) is 0 Å². The summed E-state index contributed by atoms with van der Waals surface area (Å²) < 4.78 is 1.72. The van der Waals surface area contributed by atoms with Crippen LogP contribution in [0.3, 0.4) is 0 Å². The maximum absolute atomic E-state index is 12.6. The van der Waals surface area contributed by atoms with Crippen molar-refractivity contribution in [2.75, 3.05) is 26.7 Å². The Labute approximate surface area is 179 Å². The van der Waals surface area contributed by atoms with Gasteiger partial charge in [0, 0.05) is 44.5 Å². The molecule has 1 atom stereocenters. The van der Waals surface area contributed by atoms with Gasteiger partial charge in [0.1, 0.15) is 6.04 Å². The van der Waals surface area contributed by atoms with Crippen LogP contribution < -0.4 is 10.6 Å². The Balaban J connectivity index is 0.00000196. The Bertz CT molecular complexity index is 702. The molecule has 8 heteroatoms. The quantitative estimate of drug-likeness (QED) is 0.711. The van der Waals surface area contributed by atoms with Gasteiger partial charge >= 0.3 is 0 Å². The molecule has 156 valence electrons. The van der Waals surface area contributed by atoms with Gasteiger partial charge in [-0.15, -0.1) is 24.8 Å². The standard InChI is InChI=1S/C20H29N5O.2ClH/c1-21-19(17-14-22-24(2)15-17)20(26)23-18-9-12-25(13-10-18)11-8-16-6-4-3-5-7-16;;/h3-7,14-15,18-19,21H,8-13H2,1-2H3,(H,23,26);2*1H. The van der Waals surface area contributed by atoms with E-state index in [1.54, 1.807) is 10.9 Å². The van der Waals surface area contributed by atoms with Gasteiger partial charge in [-0.1, -0.05) is 30.3 Å². The third kappa shape index (κ3) is 6.78. The number of nitrogens with zero attached hydrogens (tertiary/aromatic N) is 3. The van der Waals surface area contributed by atoms with E-state index in [1.165, 1.54) is 5.56 Å². The molecule has 0 radical (unpaired) electrons. The van der Waals surface area contributed by atoms with Crippen LogP contribution in [0, 0.1) is 0 Å². The number of likely N-dealkylation sites (N-methyl/N-ethyl adjacent to an activating group) is 1. The van der Waals surface area contributed by atoms with Crippen LogP contribution in [-0.4, -0.2) is 53.3 Å². The van der Waals surface area contributed by atoms with Crippen molar-refractivity contribution in [3.8, 4) is 0 Å². The van der Waals surface area contributed by atoms with Crippen LogP contribution in [0.5, 0.6) is 0 Å². The van der Waals surface area contributed by atoms with Gasteiger partial charge in [0.05, 0.1) is 6.20 Å². The van der Waals surface area contributed by atoms with Crippen LogP contribution in [-0.2, 0) is 18.3 Å². The van der Waals surface area contributed by atoms with E-state index in [0.717, 1.165) is 44.5 Å². The third-order valence-electron chi connectivity index (χ3n) is 5.10. The van der Waals surface area contributed by atoms with Crippen LogP contribution in [0.25, 0.3) is 0 Å². The van der Waals surface area contributed by atoms with Gasteiger partial charge in [0.2, 0.25) is 5.91 Å². The summed E-state index contributed by atoms with van der Waals surface area (Å²) in [5, 5.41) is 10.5. The fourth-order valence-corrected chi connectivity index (χ4v) is 3.56. The fourth-order valence-electron chi connectivity index (χ4n) is 3.56. The largest absolute Gasteiger partial charge is 0.352 e. The smallest absolute Gasteiger partial charge is 0.242 e. The second-order valence-corrected chi connectivity index (χ2v) is 7.03. The second-order valence-electron chi connectivity index (χ2n) is 7.03. The summed E-state index contributed by atoms with van der Waals surface area (Å²) in [6, 6.07) is 10.5. The summed E-state index contributed by atoms with van der Waals surface area (Å²) in [5.74, 6) is 0.0308. The molecule has 28 heavy (non-hydrogen) atoms. The zero-order valence-electron chi connectivity index (χ0n) is 16.5. The first-order valence-electron chi connectivity index (χ1n) is 9.38. The number of halogens is 2. The normalized spacial score (nSPS) is 15.9. The number of amides is 1. The Morgan fingerprint density at radius 1 is 1.21 bits per heavy atom. The lowest BCUT2D eigenvalue weighted by Crippen LogP contribution is -2.47. The van der Waals surface area contributed by atoms with E-state index in [2.05, 4.69) is 51.0 Å². The molecule has 1 unspecified atom stereocenters. The number of likely N-dealkylation sites (tertiary alicyclic amines) is 1. The molecule has 0 spiro atoms. The molecule has 0 bridgehead atoms. The number of aromatic nitrogens is 2. The maximum atomic E-state index is 12.6. The van der Waals surface area contributed by atoms with Crippen LogP contribution in [0.2, 0.25) is 0 Å². The van der Waals surface area contributed by atoms with E-state index in [1.807, 2.05) is 20.3 Å². The van der Waals surface area contributed by atoms with Crippen molar-refractivity contribution in [3.05, 3.63) is 53.9 Å². The number of hydrogen-bond donors (Lipinski definition) is 2. The minimum atomic E-state index is -0.347. The molecule has 1 aliphatic rings. The zero-order valence-corrected chi connectivity index (χ0v) is 18.1. The molecule has 3 rings (SSSR count). The zero-order chi connectivity index (χ0) is 18.4. The van der Waals surface area contributed by atoms with Crippen LogP contribution in [0.15, 0.2) is 42.7 Å². The molecule has 1 aliphatic heterocycles. The van der Waals surface area contributed by atoms with Gasteiger partial charge in [0.25, 0.3) is 0 Å². The number of nitrogens with one attached hydrogen (secondary N) is 2. The van der Waals surface area contributed by atoms with E-state index < -0.39 is 0 Å². The number of carbonyl (C=O) groups excluding carboxylic acids is 1. The number of aryl methyl sites for hydroxylation is 1. The molecule has 1 fully saturated rings. The van der Waals surface area contributed by atoms with Crippen molar-refractivity contribution in [1.29, 1.82) is 0 Å². The van der Waals surface area contributed by atoms with Gasteiger partial charge in [-0.3, -0.25) is 9.48 Å². The van der Waals surface area contributed by atoms with E-state index in [-0.39, 0.29) is 42.8 Å². The maximum Gasteiger partial charge on any atom is 0.242 e. The van der Waals surface area contributed by atoms with E-state index in [9.17, 15) is 4.79 Å². The highest BCUT2D eigenvalue weighted by Gasteiger charge is 2.25.